The molecule has 8 heteroatoms. The number of likely N-dealkylation sites (tertiary alicyclic amines) is 1. The Morgan fingerprint density at radius 2 is 2.13 bits per heavy atom. The highest BCUT2D eigenvalue weighted by molar-refractivity contribution is 7.88. The molecule has 1 aliphatic heterocycles. The highest BCUT2D eigenvalue weighted by Gasteiger charge is 2.34. The van der Waals surface area contributed by atoms with Gasteiger partial charge in [0.15, 0.2) is 5.76 Å². The van der Waals surface area contributed by atoms with Crippen LogP contribution in [0.25, 0.3) is 0 Å². The molecule has 0 radical (unpaired) electrons. The lowest BCUT2D eigenvalue weighted by Crippen LogP contribution is -2.39. The van der Waals surface area contributed by atoms with E-state index in [-0.39, 0.29) is 17.7 Å². The number of sulfonamides is 1. The zero-order chi connectivity index (χ0) is 17.0. The molecule has 0 bridgehead atoms. The Balaban J connectivity index is 2.01. The van der Waals surface area contributed by atoms with Crippen molar-refractivity contribution >= 4 is 15.9 Å². The van der Waals surface area contributed by atoms with Crippen molar-refractivity contribution in [3.8, 4) is 0 Å². The van der Waals surface area contributed by atoms with Crippen LogP contribution in [-0.2, 0) is 16.6 Å². The van der Waals surface area contributed by atoms with Gasteiger partial charge in [-0.25, -0.2) is 13.1 Å². The van der Waals surface area contributed by atoms with Gasteiger partial charge in [-0.05, 0) is 24.5 Å². The Labute approximate surface area is 137 Å². The third kappa shape index (κ3) is 5.05. The van der Waals surface area contributed by atoms with Gasteiger partial charge in [0.1, 0.15) is 5.76 Å². The number of rotatable bonds is 7. The Morgan fingerprint density at radius 1 is 1.39 bits per heavy atom. The van der Waals surface area contributed by atoms with Crippen LogP contribution in [0.5, 0.6) is 0 Å². The van der Waals surface area contributed by atoms with Crippen LogP contribution in [0.15, 0.2) is 16.5 Å². The number of carbonyl (C=O) groups excluding carboxylic acids is 1. The van der Waals surface area contributed by atoms with Gasteiger partial charge in [0, 0.05) is 26.2 Å². The van der Waals surface area contributed by atoms with E-state index in [2.05, 4.69) is 21.9 Å². The molecule has 2 atom stereocenters. The smallest absolute Gasteiger partial charge is 0.286 e. The lowest BCUT2D eigenvalue weighted by molar-refractivity contribution is 0.0932. The summed E-state index contributed by atoms with van der Waals surface area (Å²) in [6, 6.07) is 3.37. The first-order chi connectivity index (χ1) is 10.8. The minimum Gasteiger partial charge on any atom is -0.455 e. The maximum atomic E-state index is 11.5. The van der Waals surface area contributed by atoms with Gasteiger partial charge in [0.25, 0.3) is 5.91 Å². The standard InChI is InChI=1S/C15H25N3O4S/c1-4-5-11-8-18(10-13(11)17-23(3,20)21)9-12-6-7-14(22-12)15(19)16-2/h6-7,11,13,17H,4-5,8-10H2,1-3H3,(H,16,19)/t11-,13-/m0/s1. The monoisotopic (exact) mass is 343 g/mol. The summed E-state index contributed by atoms with van der Waals surface area (Å²) >= 11 is 0. The normalized spacial score (nSPS) is 22.4. The van der Waals surface area contributed by atoms with Crippen molar-refractivity contribution in [3.63, 3.8) is 0 Å². The van der Waals surface area contributed by atoms with Gasteiger partial charge in [0.05, 0.1) is 12.8 Å². The quantitative estimate of drug-likeness (QED) is 0.764. The molecule has 7 nitrogen and oxygen atoms in total. The summed E-state index contributed by atoms with van der Waals surface area (Å²) in [4.78, 5) is 13.7. The van der Waals surface area contributed by atoms with E-state index in [1.54, 1.807) is 19.2 Å². The lowest BCUT2D eigenvalue weighted by Gasteiger charge is -2.17. The minimum absolute atomic E-state index is 0.0710. The van der Waals surface area contributed by atoms with Gasteiger partial charge in [-0.2, -0.15) is 0 Å². The number of carbonyl (C=O) groups is 1. The van der Waals surface area contributed by atoms with Crippen LogP contribution in [0.4, 0.5) is 0 Å². The van der Waals surface area contributed by atoms with Gasteiger partial charge >= 0.3 is 0 Å². The van der Waals surface area contributed by atoms with E-state index in [0.717, 1.165) is 19.4 Å². The molecule has 0 aromatic carbocycles. The fraction of sp³-hybridized carbons (Fsp3) is 0.667. The first kappa shape index (κ1) is 18.0. The molecule has 1 saturated heterocycles. The summed E-state index contributed by atoms with van der Waals surface area (Å²) < 4.78 is 31.3. The summed E-state index contributed by atoms with van der Waals surface area (Å²) in [7, 11) is -1.66. The molecule has 2 rings (SSSR count). The summed E-state index contributed by atoms with van der Waals surface area (Å²) in [6.45, 7) is 4.13. The molecular weight excluding hydrogens is 318 g/mol. The number of hydrogen-bond donors (Lipinski definition) is 2. The van der Waals surface area contributed by atoms with Crippen molar-refractivity contribution < 1.29 is 17.6 Å². The molecule has 23 heavy (non-hydrogen) atoms. The van der Waals surface area contributed by atoms with E-state index >= 15 is 0 Å². The molecule has 1 aromatic heterocycles. The molecule has 2 heterocycles. The first-order valence-electron chi connectivity index (χ1n) is 7.82. The van der Waals surface area contributed by atoms with Crippen LogP contribution in [-0.4, -0.2) is 51.7 Å². The van der Waals surface area contributed by atoms with Crippen LogP contribution in [0.1, 0.15) is 36.1 Å². The zero-order valence-corrected chi connectivity index (χ0v) is 14.6. The average molecular weight is 343 g/mol. The average Bonchev–Trinajstić information content (AvgIpc) is 3.05. The Kier molecular flexibility index (Phi) is 5.83. The van der Waals surface area contributed by atoms with Gasteiger partial charge in [-0.15, -0.1) is 0 Å². The van der Waals surface area contributed by atoms with Gasteiger partial charge in [-0.3, -0.25) is 9.69 Å². The summed E-state index contributed by atoms with van der Waals surface area (Å²) in [5.74, 6) is 1.04. The molecule has 0 spiro atoms. The second-order valence-corrected chi connectivity index (χ2v) is 7.86. The number of furan rings is 1. The molecule has 1 amide bonds. The van der Waals surface area contributed by atoms with E-state index in [1.165, 1.54) is 6.26 Å². The van der Waals surface area contributed by atoms with Gasteiger partial charge in [-0.1, -0.05) is 13.3 Å². The fourth-order valence-electron chi connectivity index (χ4n) is 3.09. The largest absolute Gasteiger partial charge is 0.455 e. The third-order valence-electron chi connectivity index (χ3n) is 4.03. The van der Waals surface area contributed by atoms with Crippen LogP contribution in [0, 0.1) is 5.92 Å². The summed E-state index contributed by atoms with van der Waals surface area (Å²) in [5.41, 5.74) is 0. The van der Waals surface area contributed by atoms with E-state index in [1.807, 2.05) is 0 Å². The second kappa shape index (κ2) is 7.46. The highest BCUT2D eigenvalue weighted by Crippen LogP contribution is 2.24. The maximum Gasteiger partial charge on any atom is 0.286 e. The first-order valence-corrected chi connectivity index (χ1v) is 9.72. The van der Waals surface area contributed by atoms with Crippen LogP contribution in [0.2, 0.25) is 0 Å². The van der Waals surface area contributed by atoms with Gasteiger partial charge in [0.2, 0.25) is 10.0 Å². The highest BCUT2D eigenvalue weighted by atomic mass is 32.2. The minimum atomic E-state index is -3.22. The molecular formula is C15H25N3O4S. The van der Waals surface area contributed by atoms with Gasteiger partial charge < -0.3 is 9.73 Å². The number of nitrogens with zero attached hydrogens (tertiary/aromatic N) is 1. The molecule has 0 unspecified atom stereocenters. The Bertz CT molecular complexity index is 641. The molecule has 1 aliphatic rings. The Morgan fingerprint density at radius 3 is 2.74 bits per heavy atom. The lowest BCUT2D eigenvalue weighted by atomic mass is 9.99. The van der Waals surface area contributed by atoms with Crippen molar-refractivity contribution in [1.29, 1.82) is 0 Å². The number of nitrogens with one attached hydrogen (secondary N) is 2. The number of amides is 1. The fourth-order valence-corrected chi connectivity index (χ4v) is 3.91. The Hall–Kier alpha value is -1.38. The molecule has 1 fully saturated rings. The van der Waals surface area contributed by atoms with Crippen LogP contribution in [0.3, 0.4) is 0 Å². The van der Waals surface area contributed by atoms with Crippen LogP contribution < -0.4 is 10.0 Å². The molecule has 1 aromatic rings. The van der Waals surface area contributed by atoms with Crippen molar-refractivity contribution in [3.05, 3.63) is 23.7 Å². The predicted octanol–water partition coefficient (Wildman–Crippen LogP) is 0.789. The summed E-state index contributed by atoms with van der Waals surface area (Å²) in [5, 5.41) is 2.52. The van der Waals surface area contributed by atoms with Crippen molar-refractivity contribution in [1.82, 2.24) is 14.9 Å². The molecule has 130 valence electrons. The second-order valence-electron chi connectivity index (χ2n) is 6.08. The summed E-state index contributed by atoms with van der Waals surface area (Å²) in [6.07, 6.45) is 3.19. The maximum absolute atomic E-state index is 11.5. The third-order valence-corrected chi connectivity index (χ3v) is 4.76. The molecule has 0 saturated carbocycles. The van der Waals surface area contributed by atoms with Crippen molar-refractivity contribution in [2.75, 3.05) is 26.4 Å². The van der Waals surface area contributed by atoms with Crippen LogP contribution >= 0.6 is 0 Å². The number of hydrogen-bond acceptors (Lipinski definition) is 5. The van der Waals surface area contributed by atoms with E-state index in [0.29, 0.717) is 24.8 Å². The molecule has 0 aliphatic carbocycles. The SMILES string of the molecule is CCC[C@H]1CN(Cc2ccc(C(=O)NC)o2)C[C@@H]1NS(C)(=O)=O. The van der Waals surface area contributed by atoms with E-state index in [4.69, 9.17) is 4.42 Å². The zero-order valence-electron chi connectivity index (χ0n) is 13.8. The molecule has 2 N–H and O–H groups in total. The van der Waals surface area contributed by atoms with E-state index < -0.39 is 10.0 Å². The van der Waals surface area contributed by atoms with E-state index in [9.17, 15) is 13.2 Å². The van der Waals surface area contributed by atoms with Crippen molar-refractivity contribution in [2.45, 2.75) is 32.4 Å². The van der Waals surface area contributed by atoms with Crippen molar-refractivity contribution in [2.24, 2.45) is 5.92 Å². The topological polar surface area (TPSA) is 91.7 Å². The predicted molar refractivity (Wildman–Crippen MR) is 87.5 cm³/mol.